The van der Waals surface area contributed by atoms with E-state index in [2.05, 4.69) is 39.0 Å². The molecule has 2 atom stereocenters. The van der Waals surface area contributed by atoms with Crippen LogP contribution in [0.15, 0.2) is 12.4 Å². The van der Waals surface area contributed by atoms with Gasteiger partial charge in [0.1, 0.15) is 0 Å². The third-order valence-corrected chi connectivity index (χ3v) is 3.42. The molecule has 1 aliphatic carbocycles. The summed E-state index contributed by atoms with van der Waals surface area (Å²) in [4.78, 5) is 0. The number of rotatable bonds is 2. The van der Waals surface area contributed by atoms with Crippen molar-refractivity contribution in [3.05, 3.63) is 18.0 Å². The Labute approximate surface area is 85.3 Å². The van der Waals surface area contributed by atoms with E-state index in [1.165, 1.54) is 5.56 Å². The Morgan fingerprint density at radius 3 is 2.43 bits per heavy atom. The molecule has 0 aromatic carbocycles. The van der Waals surface area contributed by atoms with Crippen LogP contribution in [0.3, 0.4) is 0 Å². The molecule has 1 aliphatic rings. The second-order valence-electron chi connectivity index (χ2n) is 5.17. The molecule has 2 N–H and O–H groups in total. The van der Waals surface area contributed by atoms with Gasteiger partial charge in [-0.25, -0.2) is 0 Å². The van der Waals surface area contributed by atoms with Crippen molar-refractivity contribution in [3.63, 3.8) is 0 Å². The van der Waals surface area contributed by atoms with Gasteiger partial charge in [0.2, 0.25) is 0 Å². The molecule has 14 heavy (non-hydrogen) atoms. The van der Waals surface area contributed by atoms with Gasteiger partial charge in [-0.1, -0.05) is 13.8 Å². The Balaban J connectivity index is 2.20. The van der Waals surface area contributed by atoms with Crippen molar-refractivity contribution in [2.45, 2.75) is 45.7 Å². The quantitative estimate of drug-likeness (QED) is 0.779. The van der Waals surface area contributed by atoms with Gasteiger partial charge in [0.05, 0.1) is 6.20 Å². The summed E-state index contributed by atoms with van der Waals surface area (Å²) in [6.07, 6.45) is 4.09. The predicted molar refractivity (Wildman–Crippen MR) is 57.1 cm³/mol. The van der Waals surface area contributed by atoms with Crippen LogP contribution in [0.4, 0.5) is 0 Å². The number of hydrogen-bond donors (Lipinski definition) is 1. The van der Waals surface area contributed by atoms with Crippen LogP contribution in [0, 0.1) is 5.41 Å². The zero-order valence-electron chi connectivity index (χ0n) is 9.36. The van der Waals surface area contributed by atoms with Crippen molar-refractivity contribution >= 4 is 0 Å². The van der Waals surface area contributed by atoms with E-state index in [1.54, 1.807) is 0 Å². The largest absolute Gasteiger partial charge is 0.327 e. The van der Waals surface area contributed by atoms with Gasteiger partial charge < -0.3 is 5.73 Å². The van der Waals surface area contributed by atoms with Crippen molar-refractivity contribution in [2.75, 3.05) is 0 Å². The smallest absolute Gasteiger partial charge is 0.0525 e. The highest BCUT2D eigenvalue weighted by Gasteiger charge is 2.56. The fourth-order valence-electron chi connectivity index (χ4n) is 2.11. The first kappa shape index (κ1) is 9.71. The number of nitrogens with zero attached hydrogens (tertiary/aromatic N) is 2. The van der Waals surface area contributed by atoms with Crippen LogP contribution < -0.4 is 5.73 Å². The Morgan fingerprint density at radius 2 is 2.07 bits per heavy atom. The monoisotopic (exact) mass is 193 g/mol. The average Bonchev–Trinajstić information content (AvgIpc) is 2.55. The molecule has 1 heterocycles. The Bertz CT molecular complexity index is 338. The molecule has 0 bridgehead atoms. The molecule has 78 valence electrons. The predicted octanol–water partition coefficient (Wildman–Crippen LogP) is 1.91. The standard InChI is InChI=1S/C11H19N3/c1-7(2)14-6-8(5-13-14)9-10(12)11(9,3)4/h5-7,9-10H,12H2,1-4H3/t9-,10-/m1/s1. The van der Waals surface area contributed by atoms with E-state index in [-0.39, 0.29) is 5.41 Å². The van der Waals surface area contributed by atoms with E-state index >= 15 is 0 Å². The van der Waals surface area contributed by atoms with Gasteiger partial charge in [0.15, 0.2) is 0 Å². The molecule has 2 rings (SSSR count). The van der Waals surface area contributed by atoms with Crippen LogP contribution in [0.25, 0.3) is 0 Å². The fraction of sp³-hybridized carbons (Fsp3) is 0.727. The maximum Gasteiger partial charge on any atom is 0.0525 e. The highest BCUT2D eigenvalue weighted by atomic mass is 15.3. The first-order valence-electron chi connectivity index (χ1n) is 5.24. The second-order valence-corrected chi connectivity index (χ2v) is 5.17. The summed E-state index contributed by atoms with van der Waals surface area (Å²) < 4.78 is 2.00. The second kappa shape index (κ2) is 2.83. The zero-order valence-corrected chi connectivity index (χ0v) is 9.36. The van der Waals surface area contributed by atoms with Crippen LogP contribution in [-0.4, -0.2) is 15.8 Å². The summed E-state index contributed by atoms with van der Waals surface area (Å²) >= 11 is 0. The molecule has 0 unspecified atom stereocenters. The van der Waals surface area contributed by atoms with Gasteiger partial charge in [-0.3, -0.25) is 4.68 Å². The van der Waals surface area contributed by atoms with E-state index in [9.17, 15) is 0 Å². The fourth-order valence-corrected chi connectivity index (χ4v) is 2.11. The van der Waals surface area contributed by atoms with E-state index in [0.717, 1.165) is 0 Å². The molecule has 0 aliphatic heterocycles. The zero-order chi connectivity index (χ0) is 10.5. The average molecular weight is 193 g/mol. The van der Waals surface area contributed by atoms with E-state index < -0.39 is 0 Å². The van der Waals surface area contributed by atoms with Gasteiger partial charge in [-0.15, -0.1) is 0 Å². The van der Waals surface area contributed by atoms with Crippen molar-refractivity contribution in [1.82, 2.24) is 9.78 Å². The van der Waals surface area contributed by atoms with Crippen molar-refractivity contribution in [1.29, 1.82) is 0 Å². The van der Waals surface area contributed by atoms with Gasteiger partial charge in [-0.2, -0.15) is 5.10 Å². The van der Waals surface area contributed by atoms with Crippen molar-refractivity contribution < 1.29 is 0 Å². The normalized spacial score (nSPS) is 29.6. The highest BCUT2D eigenvalue weighted by molar-refractivity contribution is 5.30. The van der Waals surface area contributed by atoms with Gasteiger partial charge >= 0.3 is 0 Å². The number of nitrogens with two attached hydrogens (primary N) is 1. The molecular formula is C11H19N3. The van der Waals surface area contributed by atoms with Gasteiger partial charge in [0, 0.05) is 24.2 Å². The van der Waals surface area contributed by atoms with Crippen LogP contribution in [0.1, 0.15) is 45.2 Å². The maximum atomic E-state index is 6.02. The topological polar surface area (TPSA) is 43.8 Å². The van der Waals surface area contributed by atoms with Crippen LogP contribution >= 0.6 is 0 Å². The summed E-state index contributed by atoms with van der Waals surface area (Å²) in [6.45, 7) is 8.70. The van der Waals surface area contributed by atoms with Gasteiger partial charge in [-0.05, 0) is 24.8 Å². The number of hydrogen-bond acceptors (Lipinski definition) is 2. The summed E-state index contributed by atoms with van der Waals surface area (Å²) in [7, 11) is 0. The van der Waals surface area contributed by atoms with Gasteiger partial charge in [0.25, 0.3) is 0 Å². The van der Waals surface area contributed by atoms with E-state index in [0.29, 0.717) is 18.0 Å². The van der Waals surface area contributed by atoms with Crippen LogP contribution in [0.2, 0.25) is 0 Å². The molecule has 0 saturated heterocycles. The van der Waals surface area contributed by atoms with E-state index in [4.69, 9.17) is 5.73 Å². The SMILES string of the molecule is CC(C)n1cc([C@@H]2[C@@H](N)C2(C)C)cn1. The third kappa shape index (κ3) is 1.27. The molecule has 1 aromatic heterocycles. The molecule has 0 radical (unpaired) electrons. The maximum absolute atomic E-state index is 6.02. The van der Waals surface area contributed by atoms with Crippen molar-refractivity contribution in [2.24, 2.45) is 11.1 Å². The highest BCUT2D eigenvalue weighted by Crippen LogP contribution is 2.57. The molecular weight excluding hydrogens is 174 g/mol. The lowest BCUT2D eigenvalue weighted by atomic mass is 10.1. The summed E-state index contributed by atoms with van der Waals surface area (Å²) in [5, 5.41) is 4.34. The third-order valence-electron chi connectivity index (χ3n) is 3.42. The molecule has 1 aromatic rings. The summed E-state index contributed by atoms with van der Waals surface area (Å²) in [6, 6.07) is 0.731. The minimum atomic E-state index is 0.255. The molecule has 3 heteroatoms. The van der Waals surface area contributed by atoms with Crippen molar-refractivity contribution in [3.8, 4) is 0 Å². The molecule has 1 saturated carbocycles. The Kier molecular flexibility index (Phi) is 1.96. The van der Waals surface area contributed by atoms with Crippen LogP contribution in [-0.2, 0) is 0 Å². The lowest BCUT2D eigenvalue weighted by Gasteiger charge is -2.03. The van der Waals surface area contributed by atoms with Crippen LogP contribution in [0.5, 0.6) is 0 Å². The number of aromatic nitrogens is 2. The summed E-state index contributed by atoms with van der Waals surface area (Å²) in [5.41, 5.74) is 7.57. The van der Waals surface area contributed by atoms with E-state index in [1.807, 2.05) is 10.9 Å². The molecule has 1 fully saturated rings. The minimum Gasteiger partial charge on any atom is -0.327 e. The molecule has 0 amide bonds. The first-order valence-corrected chi connectivity index (χ1v) is 5.24. The summed E-state index contributed by atoms with van der Waals surface area (Å²) in [5.74, 6) is 0.495. The first-order chi connectivity index (χ1) is 6.44. The lowest BCUT2D eigenvalue weighted by molar-refractivity contribution is 0.531. The Hall–Kier alpha value is -0.830. The Morgan fingerprint density at radius 1 is 1.50 bits per heavy atom. The molecule has 3 nitrogen and oxygen atoms in total. The lowest BCUT2D eigenvalue weighted by Crippen LogP contribution is -2.06. The molecule has 0 spiro atoms. The minimum absolute atomic E-state index is 0.255.